The van der Waals surface area contributed by atoms with Gasteiger partial charge in [0.2, 0.25) is 5.91 Å². The van der Waals surface area contributed by atoms with Crippen molar-refractivity contribution in [2.45, 2.75) is 84.3 Å². The SMILES string of the molecule is C=C[C@]1(C)C=C(C)[C@H]2[C@@H]([C@H](O)[C@H]3[C@H](C)C[C@H](C)C[C@@]32C)[C@@H]1[C@H](O)[C@H]1C[C@]2(Cc3ccc(OCOC)cc3)OC[C@@H](c3ccccc3)N2C1=O. The van der Waals surface area contributed by atoms with Gasteiger partial charge in [0.25, 0.3) is 0 Å². The average Bonchev–Trinajstić information content (AvgIpc) is 3.65. The number of carbonyl (C=O) groups is 1. The number of hydrogen-bond donors (Lipinski definition) is 2. The second-order valence-electron chi connectivity index (χ2n) is 16.6. The molecule has 5 aliphatic rings. The summed E-state index contributed by atoms with van der Waals surface area (Å²) in [5.74, 6) is 0.593. The number of hydrogen-bond acceptors (Lipinski definition) is 6. The molecule has 1 amide bonds. The highest BCUT2D eigenvalue weighted by Gasteiger charge is 2.68. The van der Waals surface area contributed by atoms with E-state index in [1.54, 1.807) is 7.11 Å². The Labute approximate surface area is 292 Å². The first-order valence-corrected chi connectivity index (χ1v) is 18.3. The highest BCUT2D eigenvalue weighted by Crippen LogP contribution is 2.68. The minimum atomic E-state index is -0.995. The lowest BCUT2D eigenvalue weighted by molar-refractivity contribution is -0.143. The van der Waals surface area contributed by atoms with Gasteiger partial charge in [-0.2, -0.15) is 0 Å². The lowest BCUT2D eigenvalue weighted by Crippen LogP contribution is -2.51. The number of nitrogens with zero attached hydrogens (tertiary/aromatic N) is 1. The van der Waals surface area contributed by atoms with Gasteiger partial charge in [-0.25, -0.2) is 0 Å². The largest absolute Gasteiger partial charge is 0.468 e. The van der Waals surface area contributed by atoms with Crippen molar-refractivity contribution in [3.63, 3.8) is 0 Å². The lowest BCUT2D eigenvalue weighted by Gasteiger charge is -2.52. The van der Waals surface area contributed by atoms with Crippen molar-refractivity contribution in [2.24, 2.45) is 52.3 Å². The van der Waals surface area contributed by atoms with E-state index >= 15 is 0 Å². The fourth-order valence-corrected chi connectivity index (χ4v) is 12.0. The molecule has 7 rings (SSSR count). The summed E-state index contributed by atoms with van der Waals surface area (Å²) in [7, 11) is 1.59. The van der Waals surface area contributed by atoms with Crippen molar-refractivity contribution < 1.29 is 29.2 Å². The number of ether oxygens (including phenoxy) is 3. The summed E-state index contributed by atoms with van der Waals surface area (Å²) in [5, 5.41) is 25.2. The van der Waals surface area contributed by atoms with E-state index in [1.807, 2.05) is 53.4 Å². The zero-order chi connectivity index (χ0) is 34.9. The summed E-state index contributed by atoms with van der Waals surface area (Å²) in [4.78, 5) is 16.9. The second kappa shape index (κ2) is 12.7. The van der Waals surface area contributed by atoms with Gasteiger partial charge in [0.05, 0.1) is 30.8 Å². The quantitative estimate of drug-likeness (QED) is 0.222. The topological polar surface area (TPSA) is 88.5 Å². The number of aliphatic hydroxyl groups is 2. The summed E-state index contributed by atoms with van der Waals surface area (Å²) in [6.07, 6.45) is 5.68. The predicted molar refractivity (Wildman–Crippen MR) is 189 cm³/mol. The van der Waals surface area contributed by atoms with Crippen molar-refractivity contribution in [3.8, 4) is 5.75 Å². The third-order valence-corrected chi connectivity index (χ3v) is 13.5. The molecular weight excluding hydrogens is 614 g/mol. The molecule has 2 heterocycles. The number of allylic oxidation sites excluding steroid dienone is 3. The Hall–Kier alpha value is -2.97. The molecule has 0 aromatic heterocycles. The molecule has 2 aromatic carbocycles. The van der Waals surface area contributed by atoms with Crippen LogP contribution in [-0.2, 0) is 20.7 Å². The van der Waals surface area contributed by atoms with Crippen LogP contribution in [0.5, 0.6) is 5.75 Å². The van der Waals surface area contributed by atoms with E-state index in [4.69, 9.17) is 14.2 Å². The van der Waals surface area contributed by atoms with Crippen LogP contribution in [0.15, 0.2) is 78.9 Å². The molecule has 7 nitrogen and oxygen atoms in total. The first-order valence-electron chi connectivity index (χ1n) is 18.3. The average molecular weight is 670 g/mol. The fraction of sp³-hybridized carbons (Fsp3) is 0.595. The van der Waals surface area contributed by atoms with Crippen LogP contribution in [0.4, 0.5) is 0 Å². The smallest absolute Gasteiger partial charge is 0.231 e. The van der Waals surface area contributed by atoms with Crippen LogP contribution in [0.1, 0.15) is 71.0 Å². The molecule has 2 aromatic rings. The first-order chi connectivity index (χ1) is 23.4. The van der Waals surface area contributed by atoms with Gasteiger partial charge in [0.15, 0.2) is 6.79 Å². The van der Waals surface area contributed by atoms with Gasteiger partial charge in [0, 0.05) is 31.3 Å². The molecule has 0 radical (unpaired) electrons. The van der Waals surface area contributed by atoms with Crippen molar-refractivity contribution in [1.82, 2.24) is 4.90 Å². The lowest BCUT2D eigenvalue weighted by atomic mass is 9.53. The van der Waals surface area contributed by atoms with Crippen molar-refractivity contribution in [2.75, 3.05) is 20.5 Å². The minimum Gasteiger partial charge on any atom is -0.468 e. The number of amides is 1. The Morgan fingerprint density at radius 1 is 1.10 bits per heavy atom. The maximum absolute atomic E-state index is 14.9. The van der Waals surface area contributed by atoms with Crippen LogP contribution in [0.2, 0.25) is 0 Å². The number of benzene rings is 2. The molecule has 2 N–H and O–H groups in total. The molecule has 0 unspecified atom stereocenters. The third kappa shape index (κ3) is 5.42. The molecule has 13 atom stereocenters. The van der Waals surface area contributed by atoms with Crippen LogP contribution >= 0.6 is 0 Å². The number of rotatable bonds is 9. The monoisotopic (exact) mass is 669 g/mol. The molecule has 2 aliphatic heterocycles. The Bertz CT molecular complexity index is 1580. The molecule has 49 heavy (non-hydrogen) atoms. The highest BCUT2D eigenvalue weighted by atomic mass is 16.7. The van der Waals surface area contributed by atoms with Gasteiger partial charge in [-0.3, -0.25) is 4.79 Å². The van der Waals surface area contributed by atoms with E-state index < -0.39 is 29.3 Å². The number of fused-ring (bicyclic) bond motifs is 4. The summed E-state index contributed by atoms with van der Waals surface area (Å²) >= 11 is 0. The summed E-state index contributed by atoms with van der Waals surface area (Å²) < 4.78 is 17.4. The number of methoxy groups -OCH3 is 1. The van der Waals surface area contributed by atoms with Crippen LogP contribution in [0, 0.1) is 52.3 Å². The van der Waals surface area contributed by atoms with Crippen molar-refractivity contribution >= 4 is 5.91 Å². The highest BCUT2D eigenvalue weighted by molar-refractivity contribution is 5.84. The van der Waals surface area contributed by atoms with E-state index in [1.165, 1.54) is 5.57 Å². The Morgan fingerprint density at radius 3 is 2.49 bits per heavy atom. The normalized spacial score (nSPS) is 41.9. The van der Waals surface area contributed by atoms with E-state index in [9.17, 15) is 15.0 Å². The Balaban J connectivity index is 1.26. The fourth-order valence-electron chi connectivity index (χ4n) is 12.0. The van der Waals surface area contributed by atoms with Gasteiger partial charge >= 0.3 is 0 Å². The molecule has 7 heteroatoms. The van der Waals surface area contributed by atoms with Gasteiger partial charge in [-0.15, -0.1) is 6.58 Å². The van der Waals surface area contributed by atoms with Gasteiger partial charge in [0.1, 0.15) is 11.5 Å². The molecule has 4 fully saturated rings. The molecule has 3 aliphatic carbocycles. The van der Waals surface area contributed by atoms with Gasteiger partial charge in [-0.1, -0.05) is 87.9 Å². The van der Waals surface area contributed by atoms with E-state index in [0.29, 0.717) is 37.0 Å². The molecule has 264 valence electrons. The zero-order valence-corrected chi connectivity index (χ0v) is 30.0. The molecular formula is C42H55NO6. The Morgan fingerprint density at radius 2 is 1.82 bits per heavy atom. The zero-order valence-electron chi connectivity index (χ0n) is 30.0. The first kappa shape index (κ1) is 34.5. The second-order valence-corrected chi connectivity index (χ2v) is 16.6. The van der Waals surface area contributed by atoms with Crippen LogP contribution in [-0.4, -0.2) is 59.5 Å². The summed E-state index contributed by atoms with van der Waals surface area (Å²) in [6.45, 7) is 16.2. The van der Waals surface area contributed by atoms with Crippen LogP contribution in [0.3, 0.4) is 0 Å². The maximum atomic E-state index is 14.9. The van der Waals surface area contributed by atoms with Gasteiger partial charge in [-0.05, 0) is 78.0 Å². The van der Waals surface area contributed by atoms with Crippen molar-refractivity contribution in [1.29, 1.82) is 0 Å². The molecule has 2 saturated heterocycles. The van der Waals surface area contributed by atoms with Crippen molar-refractivity contribution in [3.05, 3.63) is 90.0 Å². The molecule has 0 bridgehead atoms. The molecule has 0 spiro atoms. The number of aliphatic hydroxyl groups excluding tert-OH is 2. The Kier molecular flexibility index (Phi) is 8.91. The maximum Gasteiger partial charge on any atom is 0.231 e. The third-order valence-electron chi connectivity index (χ3n) is 13.5. The predicted octanol–water partition coefficient (Wildman–Crippen LogP) is 6.95. The standard InChI is InChI=1S/C42H55NO6/c1-8-40(5)20-27(4)34-33(38(45)35-26(3)18-25(2)19-41(34,35)6)36(40)37(44)31-22-42(21-28-14-16-30(17-15-28)48-24-47-7)43(39(31)46)32(23-49-42)29-12-10-9-11-13-29/h8-17,20,25-26,31-38,44-45H,1,18-19,21-24H2,2-7H3/t25-,26+,31+,32-,33+,34-,35+,36+,37+,38-,40+,41+,42-/m0/s1. The number of carbonyl (C=O) groups excluding carboxylic acids is 1. The van der Waals surface area contributed by atoms with E-state index in [0.717, 1.165) is 24.0 Å². The van der Waals surface area contributed by atoms with E-state index in [-0.39, 0.29) is 47.8 Å². The van der Waals surface area contributed by atoms with Gasteiger partial charge < -0.3 is 29.3 Å². The molecule has 2 saturated carbocycles. The van der Waals surface area contributed by atoms with E-state index in [2.05, 4.69) is 59.4 Å². The van der Waals surface area contributed by atoms with Crippen LogP contribution < -0.4 is 4.74 Å². The minimum absolute atomic E-state index is 0.0776. The summed E-state index contributed by atoms with van der Waals surface area (Å²) in [6, 6.07) is 17.7. The summed E-state index contributed by atoms with van der Waals surface area (Å²) in [5.41, 5.74) is 1.73. The van der Waals surface area contributed by atoms with Crippen LogP contribution in [0.25, 0.3) is 0 Å².